The van der Waals surface area contributed by atoms with Crippen LogP contribution in [0.25, 0.3) is 0 Å². The third kappa shape index (κ3) is 3.17. The average molecular weight is 262 g/mol. The van der Waals surface area contributed by atoms with Gasteiger partial charge < -0.3 is 20.7 Å². The molecule has 0 aliphatic carbocycles. The molecule has 1 aromatic rings. The van der Waals surface area contributed by atoms with Crippen molar-refractivity contribution in [1.29, 1.82) is 0 Å². The van der Waals surface area contributed by atoms with Crippen LogP contribution in [0, 0.1) is 0 Å². The number of piperidine rings is 1. The van der Waals surface area contributed by atoms with Crippen molar-refractivity contribution in [2.24, 2.45) is 10.9 Å². The predicted octanol–water partition coefficient (Wildman–Crippen LogP) is 1.31. The average Bonchev–Trinajstić information content (AvgIpc) is 2.46. The van der Waals surface area contributed by atoms with Gasteiger partial charge >= 0.3 is 0 Å². The van der Waals surface area contributed by atoms with E-state index in [1.54, 1.807) is 0 Å². The minimum Gasteiger partial charge on any atom is -0.409 e. The van der Waals surface area contributed by atoms with Crippen molar-refractivity contribution in [3.05, 3.63) is 29.8 Å². The van der Waals surface area contributed by atoms with E-state index in [1.165, 1.54) is 19.4 Å². The van der Waals surface area contributed by atoms with Gasteiger partial charge in [-0.1, -0.05) is 5.16 Å². The van der Waals surface area contributed by atoms with Gasteiger partial charge in [0.05, 0.1) is 0 Å². The summed E-state index contributed by atoms with van der Waals surface area (Å²) >= 11 is 0. The highest BCUT2D eigenvalue weighted by molar-refractivity contribution is 5.97. The van der Waals surface area contributed by atoms with Crippen LogP contribution in [0.2, 0.25) is 0 Å². The monoisotopic (exact) mass is 262 g/mol. The highest BCUT2D eigenvalue weighted by Gasteiger charge is 2.21. The van der Waals surface area contributed by atoms with Gasteiger partial charge in [-0.15, -0.1) is 0 Å². The van der Waals surface area contributed by atoms with Crippen molar-refractivity contribution in [1.82, 2.24) is 4.90 Å². The molecule has 19 heavy (non-hydrogen) atoms. The Balaban J connectivity index is 2.08. The maximum Gasteiger partial charge on any atom is 0.170 e. The summed E-state index contributed by atoms with van der Waals surface area (Å²) in [6.45, 7) is 2.28. The molecule has 1 atom stereocenters. The number of amidine groups is 1. The number of hydrogen-bond donors (Lipinski definition) is 2. The molecule has 1 heterocycles. The minimum absolute atomic E-state index is 0.145. The Bertz CT molecular complexity index is 443. The number of hydrogen-bond acceptors (Lipinski definition) is 4. The summed E-state index contributed by atoms with van der Waals surface area (Å²) in [6, 6.07) is 8.35. The molecule has 5 heteroatoms. The maximum atomic E-state index is 8.65. The third-order valence-corrected chi connectivity index (χ3v) is 3.83. The first kappa shape index (κ1) is 13.7. The molecule has 2 rings (SSSR count). The number of likely N-dealkylation sites (N-methyl/N-ethyl adjacent to an activating group) is 2. The van der Waals surface area contributed by atoms with Crippen molar-refractivity contribution < 1.29 is 5.21 Å². The molecular weight excluding hydrogens is 240 g/mol. The lowest BCUT2D eigenvalue weighted by molar-refractivity contribution is 0.248. The van der Waals surface area contributed by atoms with Crippen LogP contribution in [-0.4, -0.2) is 49.2 Å². The Kier molecular flexibility index (Phi) is 4.27. The molecule has 104 valence electrons. The lowest BCUT2D eigenvalue weighted by atomic mass is 10.0. The van der Waals surface area contributed by atoms with E-state index >= 15 is 0 Å². The number of nitrogens with two attached hydrogens (primary N) is 1. The van der Waals surface area contributed by atoms with E-state index in [1.807, 2.05) is 24.3 Å². The molecule has 0 spiro atoms. The molecule has 1 aliphatic rings. The first-order valence-electron chi connectivity index (χ1n) is 6.61. The zero-order valence-corrected chi connectivity index (χ0v) is 11.6. The highest BCUT2D eigenvalue weighted by atomic mass is 16.4. The van der Waals surface area contributed by atoms with Crippen LogP contribution in [0.3, 0.4) is 0 Å². The molecule has 0 bridgehead atoms. The smallest absolute Gasteiger partial charge is 0.170 e. The van der Waals surface area contributed by atoms with Gasteiger partial charge in [0.15, 0.2) is 5.84 Å². The molecule has 3 N–H and O–H groups in total. The topological polar surface area (TPSA) is 65.1 Å². The van der Waals surface area contributed by atoms with E-state index < -0.39 is 0 Å². The van der Waals surface area contributed by atoms with Crippen molar-refractivity contribution in [3.63, 3.8) is 0 Å². The van der Waals surface area contributed by atoms with Crippen LogP contribution >= 0.6 is 0 Å². The van der Waals surface area contributed by atoms with Gasteiger partial charge in [0, 0.05) is 30.9 Å². The fourth-order valence-corrected chi connectivity index (χ4v) is 2.59. The second-order valence-corrected chi connectivity index (χ2v) is 5.20. The zero-order valence-electron chi connectivity index (χ0n) is 11.6. The second kappa shape index (κ2) is 5.93. The standard InChI is InChI=1S/C14H22N4O/c1-17-9-3-4-13(10-17)18(2)12-7-5-11(6-8-12)14(15)16-19/h5-8,13,19H,3-4,9-10H2,1-2H3,(H2,15,16). The SMILES string of the molecule is CN1CCCC(N(C)c2ccc(C(N)=NO)cc2)C1. The minimum atomic E-state index is 0.145. The Labute approximate surface area is 114 Å². The quantitative estimate of drug-likeness (QED) is 0.373. The van der Waals surface area contributed by atoms with E-state index in [0.717, 1.165) is 17.8 Å². The molecule has 0 amide bonds. The lowest BCUT2D eigenvalue weighted by Crippen LogP contribution is -2.45. The maximum absolute atomic E-state index is 8.65. The molecule has 5 nitrogen and oxygen atoms in total. The largest absolute Gasteiger partial charge is 0.409 e. The predicted molar refractivity (Wildman–Crippen MR) is 77.9 cm³/mol. The summed E-state index contributed by atoms with van der Waals surface area (Å²) in [5.74, 6) is 0.145. The molecule has 1 aromatic carbocycles. The zero-order chi connectivity index (χ0) is 13.8. The van der Waals surface area contributed by atoms with Gasteiger partial charge in [0.2, 0.25) is 0 Å². The number of benzene rings is 1. The van der Waals surface area contributed by atoms with Crippen molar-refractivity contribution in [2.45, 2.75) is 18.9 Å². The van der Waals surface area contributed by atoms with E-state index in [9.17, 15) is 0 Å². The fourth-order valence-electron chi connectivity index (χ4n) is 2.59. The summed E-state index contributed by atoms with van der Waals surface area (Å²) < 4.78 is 0. The fraction of sp³-hybridized carbons (Fsp3) is 0.500. The molecule has 0 saturated carbocycles. The first-order valence-corrected chi connectivity index (χ1v) is 6.61. The Morgan fingerprint density at radius 1 is 1.42 bits per heavy atom. The van der Waals surface area contributed by atoms with Gasteiger partial charge in [-0.05, 0) is 50.7 Å². The Morgan fingerprint density at radius 3 is 2.68 bits per heavy atom. The van der Waals surface area contributed by atoms with Gasteiger partial charge in [0.1, 0.15) is 0 Å². The summed E-state index contributed by atoms with van der Waals surface area (Å²) in [6.07, 6.45) is 2.47. The number of likely N-dealkylation sites (tertiary alicyclic amines) is 1. The molecule has 1 saturated heterocycles. The van der Waals surface area contributed by atoms with E-state index in [4.69, 9.17) is 10.9 Å². The third-order valence-electron chi connectivity index (χ3n) is 3.83. The molecule has 0 aromatic heterocycles. The molecule has 0 radical (unpaired) electrons. The van der Waals surface area contributed by atoms with Crippen LogP contribution < -0.4 is 10.6 Å². The molecule has 1 aliphatic heterocycles. The number of nitrogens with zero attached hydrogens (tertiary/aromatic N) is 3. The van der Waals surface area contributed by atoms with Crippen LogP contribution in [0.15, 0.2) is 29.4 Å². The second-order valence-electron chi connectivity index (χ2n) is 5.20. The van der Waals surface area contributed by atoms with Crippen LogP contribution in [0.5, 0.6) is 0 Å². The van der Waals surface area contributed by atoms with E-state index in [-0.39, 0.29) is 5.84 Å². The van der Waals surface area contributed by atoms with Crippen molar-refractivity contribution in [2.75, 3.05) is 32.1 Å². The molecule has 1 fully saturated rings. The lowest BCUT2D eigenvalue weighted by Gasteiger charge is -2.37. The van der Waals surface area contributed by atoms with Gasteiger partial charge in [0.25, 0.3) is 0 Å². The summed E-state index contributed by atoms with van der Waals surface area (Å²) in [4.78, 5) is 4.68. The Morgan fingerprint density at radius 2 is 2.11 bits per heavy atom. The highest BCUT2D eigenvalue weighted by Crippen LogP contribution is 2.21. The first-order chi connectivity index (χ1) is 9.11. The van der Waals surface area contributed by atoms with E-state index in [2.05, 4.69) is 29.1 Å². The summed E-state index contributed by atoms with van der Waals surface area (Å²) in [5.41, 5.74) is 7.46. The number of rotatable bonds is 3. The van der Waals surface area contributed by atoms with Gasteiger partial charge in [-0.2, -0.15) is 0 Å². The summed E-state index contributed by atoms with van der Waals surface area (Å²) in [5, 5.41) is 11.7. The van der Waals surface area contributed by atoms with Gasteiger partial charge in [-0.25, -0.2) is 0 Å². The Hall–Kier alpha value is -1.75. The van der Waals surface area contributed by atoms with E-state index in [0.29, 0.717) is 6.04 Å². The van der Waals surface area contributed by atoms with Crippen LogP contribution in [0.1, 0.15) is 18.4 Å². The van der Waals surface area contributed by atoms with Crippen LogP contribution in [0.4, 0.5) is 5.69 Å². The van der Waals surface area contributed by atoms with Crippen molar-refractivity contribution in [3.8, 4) is 0 Å². The van der Waals surface area contributed by atoms with Crippen molar-refractivity contribution >= 4 is 11.5 Å². The summed E-state index contributed by atoms with van der Waals surface area (Å²) in [7, 11) is 4.30. The molecular formula is C14H22N4O. The number of anilines is 1. The molecule has 1 unspecified atom stereocenters. The van der Waals surface area contributed by atoms with Crippen LogP contribution in [-0.2, 0) is 0 Å². The number of oxime groups is 1. The normalized spacial score (nSPS) is 21.4. The van der Waals surface area contributed by atoms with Gasteiger partial charge in [-0.3, -0.25) is 0 Å².